The number of carboxylic acid groups (broad SMARTS) is 1. The predicted molar refractivity (Wildman–Crippen MR) is 146 cm³/mol. The van der Waals surface area contributed by atoms with Crippen molar-refractivity contribution in [1.29, 1.82) is 0 Å². The number of carbonyl (C=O) groups excluding carboxylic acids is 2. The number of aromatic nitrogens is 4. The average molecular weight is 627 g/mol. The summed E-state index contributed by atoms with van der Waals surface area (Å²) < 4.78 is 17.1. The van der Waals surface area contributed by atoms with Gasteiger partial charge in [-0.05, 0) is 30.7 Å². The van der Waals surface area contributed by atoms with Crippen molar-refractivity contribution in [2.75, 3.05) is 0 Å². The maximum absolute atomic E-state index is 13.5. The first-order valence-electron chi connectivity index (χ1n) is 14.4. The monoisotopic (exact) mass is 626 g/mol. The van der Waals surface area contributed by atoms with Crippen molar-refractivity contribution < 1.29 is 78.9 Å². The van der Waals surface area contributed by atoms with Crippen LogP contribution in [0.2, 0.25) is 0 Å². The van der Waals surface area contributed by atoms with Crippen molar-refractivity contribution in [3.05, 3.63) is 35.7 Å². The smallest absolute Gasteiger partial charge is 0.547 e. The first kappa shape index (κ1) is 36.5. The van der Waals surface area contributed by atoms with Gasteiger partial charge in [-0.15, -0.1) is 20.4 Å². The minimum absolute atomic E-state index is 0. The maximum atomic E-state index is 13.5. The van der Waals surface area contributed by atoms with Crippen LogP contribution in [0, 0.1) is 24.7 Å². The third kappa shape index (κ3) is 8.05. The van der Waals surface area contributed by atoms with Crippen molar-refractivity contribution in [2.24, 2.45) is 17.8 Å². The third-order valence-electron chi connectivity index (χ3n) is 8.00. The molecule has 1 aromatic carbocycles. The molecule has 4 N–H and O–H groups in total. The molecule has 3 heterocycles. The van der Waals surface area contributed by atoms with Crippen LogP contribution >= 0.6 is 0 Å². The molecule has 2 aromatic rings. The van der Waals surface area contributed by atoms with Gasteiger partial charge in [-0.2, -0.15) is 0 Å². The Bertz CT molecular complexity index is 1250. The number of hydrogen-bond acceptors (Lipinski definition) is 14. The molecule has 0 radical (unpaired) electrons. The van der Waals surface area contributed by atoms with Crippen molar-refractivity contribution in [2.45, 2.75) is 103 Å². The molecular weight excluding hydrogens is 587 g/mol. The largest absolute Gasteiger partial charge is 1.00 e. The number of carboxylic acids is 1. The van der Waals surface area contributed by atoms with Gasteiger partial charge in [0.15, 0.2) is 17.9 Å². The van der Waals surface area contributed by atoms with Crippen LogP contribution in [-0.2, 0) is 30.2 Å². The van der Waals surface area contributed by atoms with Gasteiger partial charge in [0.05, 0.1) is 18.2 Å². The van der Waals surface area contributed by atoms with E-state index in [4.69, 9.17) is 14.2 Å². The molecule has 0 saturated carbocycles. The van der Waals surface area contributed by atoms with E-state index in [0.29, 0.717) is 23.6 Å². The van der Waals surface area contributed by atoms with Gasteiger partial charge in [0, 0.05) is 17.9 Å². The molecule has 0 spiro atoms. The number of aliphatic carboxylic acids is 1. The molecule has 0 bridgehead atoms. The summed E-state index contributed by atoms with van der Waals surface area (Å²) in [5.41, 5.74) is 1.54. The number of hydrogen-bond donors (Lipinski definition) is 4. The van der Waals surface area contributed by atoms with E-state index >= 15 is 0 Å². The molecule has 10 atom stereocenters. The fourth-order valence-corrected chi connectivity index (χ4v) is 5.60. The Morgan fingerprint density at radius 1 is 0.864 bits per heavy atom. The van der Waals surface area contributed by atoms with Crippen LogP contribution in [0.15, 0.2) is 24.3 Å². The average Bonchev–Trinajstić information content (AvgIpc) is 2.96. The van der Waals surface area contributed by atoms with Gasteiger partial charge in [0.2, 0.25) is 5.82 Å². The number of benzene rings is 1. The Balaban J connectivity index is 0.00000529. The molecule has 2 saturated heterocycles. The van der Waals surface area contributed by atoms with E-state index in [1.807, 2.05) is 12.1 Å². The SMILES string of the molecule is Cc1nnc(-c2ccc(CCC(=O)C3O[C@@H](O[C@@H]4C(C(=O)[O-])O[C@@H](C(C)C)[C@@H](O)C4O)[C@@H](O)C(O)[C@@H]3C(C)C)cc2)nn1.[Na+]. The van der Waals surface area contributed by atoms with Crippen LogP contribution in [0.4, 0.5) is 0 Å². The molecule has 2 aliphatic heterocycles. The molecule has 44 heavy (non-hydrogen) atoms. The number of carbonyl (C=O) groups is 2. The third-order valence-corrected chi connectivity index (χ3v) is 8.00. The molecule has 4 rings (SSSR count). The topological polar surface area (TPSA) is 217 Å². The van der Waals surface area contributed by atoms with Crippen molar-refractivity contribution in [3.8, 4) is 11.4 Å². The zero-order chi connectivity index (χ0) is 31.6. The van der Waals surface area contributed by atoms with Crippen LogP contribution in [-0.4, -0.2) is 108 Å². The molecule has 4 unspecified atom stereocenters. The Morgan fingerprint density at radius 2 is 1.48 bits per heavy atom. The Labute approximate surface area is 277 Å². The van der Waals surface area contributed by atoms with E-state index in [9.17, 15) is 35.1 Å². The summed E-state index contributed by atoms with van der Waals surface area (Å²) >= 11 is 0. The van der Waals surface area contributed by atoms with Gasteiger partial charge in [-0.25, -0.2) is 0 Å². The summed E-state index contributed by atoms with van der Waals surface area (Å²) in [6.07, 6.45) is -13.5. The minimum atomic E-state index is -1.81. The van der Waals surface area contributed by atoms with Crippen LogP contribution in [0.5, 0.6) is 0 Å². The van der Waals surface area contributed by atoms with Crippen LogP contribution in [0.3, 0.4) is 0 Å². The van der Waals surface area contributed by atoms with Gasteiger partial charge in [0.1, 0.15) is 36.6 Å². The molecule has 1 aromatic heterocycles. The first-order valence-corrected chi connectivity index (χ1v) is 14.4. The first-order chi connectivity index (χ1) is 20.3. The van der Waals surface area contributed by atoms with Gasteiger partial charge in [-0.3, -0.25) is 4.79 Å². The van der Waals surface area contributed by atoms with Crippen LogP contribution < -0.4 is 34.7 Å². The van der Waals surface area contributed by atoms with Crippen molar-refractivity contribution in [3.63, 3.8) is 0 Å². The number of rotatable bonds is 10. The summed E-state index contributed by atoms with van der Waals surface area (Å²) in [6, 6.07) is 7.21. The number of aliphatic hydroxyl groups excluding tert-OH is 4. The number of Topliss-reactive ketones (excluding diaryl/α,β-unsaturated/α-hetero) is 1. The Morgan fingerprint density at radius 3 is 2.02 bits per heavy atom. The van der Waals surface area contributed by atoms with E-state index in [1.165, 1.54) is 0 Å². The van der Waals surface area contributed by atoms with Gasteiger partial charge in [0.25, 0.3) is 0 Å². The summed E-state index contributed by atoms with van der Waals surface area (Å²) in [7, 11) is 0. The predicted octanol–water partition coefficient (Wildman–Crippen LogP) is -4.25. The quantitative estimate of drug-likeness (QED) is 0.184. The second kappa shape index (κ2) is 15.5. The molecule has 2 fully saturated rings. The summed E-state index contributed by atoms with van der Waals surface area (Å²) in [4.78, 5) is 25.4. The number of ketones is 1. The summed E-state index contributed by atoms with van der Waals surface area (Å²) in [6.45, 7) is 8.59. The standard InChI is InChI=1S/C29H40N4O10.Na/c1-12(2)18-19(35)22(38)29(43-25-21(37)20(36)23(13(3)4)41-26(25)28(39)40)42-24(18)17(34)11-8-15-6-9-16(10-7-15)27-32-30-14(5)31-33-27;/h6-7,9-10,12-13,18-26,29,35-38H,8,11H2,1-5H3,(H,39,40);/q;+1/p-1/t18-,19?,20-,21?,22-,23-,24?,25-,26?,29-;/m0./s1. The van der Waals surface area contributed by atoms with Crippen LogP contribution in [0.25, 0.3) is 11.4 Å². The summed E-state index contributed by atoms with van der Waals surface area (Å²) in [5, 5.41) is 70.9. The number of aliphatic hydroxyl groups is 4. The molecule has 14 nitrogen and oxygen atoms in total. The van der Waals surface area contributed by atoms with E-state index in [-0.39, 0.29) is 53.6 Å². The van der Waals surface area contributed by atoms with E-state index in [2.05, 4.69) is 20.4 Å². The molecular formula is C29H39N4NaO10. The Kier molecular flexibility index (Phi) is 12.9. The zero-order valence-electron chi connectivity index (χ0n) is 25.7. The Hall–Kier alpha value is -1.98. The maximum Gasteiger partial charge on any atom is 1.00 e. The number of ether oxygens (including phenoxy) is 3. The second-order valence-corrected chi connectivity index (χ2v) is 11.8. The van der Waals surface area contributed by atoms with Crippen molar-refractivity contribution in [1.82, 2.24) is 20.4 Å². The normalized spacial score (nSPS) is 32.3. The minimum Gasteiger partial charge on any atom is -0.547 e. The number of nitrogens with zero attached hydrogens (tertiary/aromatic N) is 4. The molecule has 236 valence electrons. The van der Waals surface area contributed by atoms with Gasteiger partial charge < -0.3 is 44.5 Å². The fourth-order valence-electron chi connectivity index (χ4n) is 5.60. The van der Waals surface area contributed by atoms with E-state index < -0.39 is 67.0 Å². The molecule has 0 amide bonds. The molecule has 0 aliphatic carbocycles. The fraction of sp³-hybridized carbons (Fsp3) is 0.655. The summed E-state index contributed by atoms with van der Waals surface area (Å²) in [5.74, 6) is -2.69. The van der Waals surface area contributed by atoms with Crippen molar-refractivity contribution >= 4 is 11.8 Å². The van der Waals surface area contributed by atoms with Gasteiger partial charge in [-0.1, -0.05) is 52.0 Å². The molecule has 15 heteroatoms. The van der Waals surface area contributed by atoms with Crippen LogP contribution in [0.1, 0.15) is 45.5 Å². The second-order valence-electron chi connectivity index (χ2n) is 11.8. The van der Waals surface area contributed by atoms with Gasteiger partial charge >= 0.3 is 29.6 Å². The van der Waals surface area contributed by atoms with E-state index in [0.717, 1.165) is 5.56 Å². The molecule has 2 aliphatic rings. The number of aryl methyl sites for hydroxylation is 2. The zero-order valence-corrected chi connectivity index (χ0v) is 27.7. The van der Waals surface area contributed by atoms with E-state index in [1.54, 1.807) is 46.8 Å².